The molecule has 3 aromatic rings. The van der Waals surface area contributed by atoms with E-state index in [0.29, 0.717) is 16.6 Å². The molecule has 2 nitrogen and oxygen atoms in total. The van der Waals surface area contributed by atoms with Gasteiger partial charge in [0.05, 0.1) is 5.56 Å². The van der Waals surface area contributed by atoms with Crippen LogP contribution in [-0.2, 0) is 6.18 Å². The fourth-order valence-electron chi connectivity index (χ4n) is 2.16. The molecule has 1 N–H and O–H groups in total. The molecule has 0 saturated carbocycles. The minimum atomic E-state index is -4.47. The zero-order valence-corrected chi connectivity index (χ0v) is 10.8. The highest BCUT2D eigenvalue weighted by atomic mass is 35.5. The lowest BCUT2D eigenvalue weighted by molar-refractivity contribution is -0.137. The molecule has 3 rings (SSSR count). The molecule has 0 unspecified atom stereocenters. The number of nitrogens with one attached hydrogen (secondary N) is 1. The highest BCUT2D eigenvalue weighted by Gasteiger charge is 2.34. The number of hydrogen-bond donors (Lipinski definition) is 1. The van der Waals surface area contributed by atoms with E-state index in [-0.39, 0.29) is 10.6 Å². The van der Waals surface area contributed by atoms with E-state index in [2.05, 4.69) is 9.97 Å². The number of benzene rings is 1. The number of rotatable bonds is 1. The maximum Gasteiger partial charge on any atom is 0.417 e. The molecule has 20 heavy (non-hydrogen) atoms. The fourth-order valence-corrected chi connectivity index (χ4v) is 2.34. The van der Waals surface area contributed by atoms with Crippen LogP contribution in [-0.4, -0.2) is 9.97 Å². The van der Waals surface area contributed by atoms with Crippen molar-refractivity contribution in [1.82, 2.24) is 9.97 Å². The smallest absolute Gasteiger partial charge is 0.346 e. The number of aromatic amines is 1. The van der Waals surface area contributed by atoms with Crippen molar-refractivity contribution in [2.24, 2.45) is 0 Å². The molecule has 102 valence electrons. The summed E-state index contributed by atoms with van der Waals surface area (Å²) >= 11 is 5.68. The van der Waals surface area contributed by atoms with Crippen LogP contribution >= 0.6 is 11.6 Å². The Morgan fingerprint density at radius 3 is 2.65 bits per heavy atom. The first-order chi connectivity index (χ1) is 9.47. The second-order valence-electron chi connectivity index (χ2n) is 4.29. The van der Waals surface area contributed by atoms with E-state index in [1.54, 1.807) is 18.3 Å². The highest BCUT2D eigenvalue weighted by Crippen LogP contribution is 2.40. The molecular formula is C14H8ClF3N2. The van der Waals surface area contributed by atoms with Gasteiger partial charge in [0.15, 0.2) is 0 Å². The molecule has 0 spiro atoms. The Kier molecular flexibility index (Phi) is 2.94. The van der Waals surface area contributed by atoms with Crippen molar-refractivity contribution >= 4 is 22.6 Å². The molecule has 0 atom stereocenters. The molecule has 0 fully saturated rings. The van der Waals surface area contributed by atoms with Crippen molar-refractivity contribution in [3.8, 4) is 11.1 Å². The van der Waals surface area contributed by atoms with E-state index in [9.17, 15) is 13.2 Å². The van der Waals surface area contributed by atoms with Gasteiger partial charge in [-0.2, -0.15) is 13.2 Å². The normalized spacial score (nSPS) is 12.0. The van der Waals surface area contributed by atoms with E-state index in [1.807, 2.05) is 0 Å². The zero-order valence-electron chi connectivity index (χ0n) is 10.0. The predicted octanol–water partition coefficient (Wildman–Crippen LogP) is 4.90. The molecular weight excluding hydrogens is 289 g/mol. The second-order valence-corrected chi connectivity index (χ2v) is 4.73. The third kappa shape index (κ3) is 2.14. The Morgan fingerprint density at radius 2 is 1.90 bits per heavy atom. The summed E-state index contributed by atoms with van der Waals surface area (Å²) in [5, 5.41) is 0.694. The summed E-state index contributed by atoms with van der Waals surface area (Å²) < 4.78 is 39.4. The topological polar surface area (TPSA) is 28.7 Å². The van der Waals surface area contributed by atoms with Crippen molar-refractivity contribution in [1.29, 1.82) is 0 Å². The molecule has 0 amide bonds. The Balaban J connectivity index is 2.30. The van der Waals surface area contributed by atoms with Gasteiger partial charge in [-0.25, -0.2) is 4.98 Å². The van der Waals surface area contributed by atoms with Crippen molar-refractivity contribution in [2.45, 2.75) is 6.18 Å². The average molecular weight is 297 g/mol. The standard InChI is InChI=1S/C14H8ClF3N2/c15-8-3-4-9(12(6-8)14(16,17)18)11-7-20-13-10(11)2-1-5-19-13/h1-7H,(H,19,20). The van der Waals surface area contributed by atoms with Crippen molar-refractivity contribution in [3.63, 3.8) is 0 Å². The first kappa shape index (κ1) is 13.0. The number of pyridine rings is 1. The summed E-state index contributed by atoms with van der Waals surface area (Å²) in [6.07, 6.45) is -1.36. The summed E-state index contributed by atoms with van der Waals surface area (Å²) in [7, 11) is 0. The summed E-state index contributed by atoms with van der Waals surface area (Å²) in [5.41, 5.74) is 0.332. The summed E-state index contributed by atoms with van der Waals surface area (Å²) in [6, 6.07) is 7.17. The molecule has 1 aromatic carbocycles. The molecule has 6 heteroatoms. The monoisotopic (exact) mass is 296 g/mol. The fraction of sp³-hybridized carbons (Fsp3) is 0.0714. The molecule has 0 bridgehead atoms. The van der Waals surface area contributed by atoms with Crippen LogP contribution in [0.15, 0.2) is 42.7 Å². The van der Waals surface area contributed by atoms with Gasteiger partial charge in [-0.1, -0.05) is 17.7 Å². The number of aromatic nitrogens is 2. The van der Waals surface area contributed by atoms with Gasteiger partial charge >= 0.3 is 6.18 Å². The van der Waals surface area contributed by atoms with Crippen molar-refractivity contribution in [2.75, 3.05) is 0 Å². The minimum absolute atomic E-state index is 0.0547. The number of fused-ring (bicyclic) bond motifs is 1. The summed E-state index contributed by atoms with van der Waals surface area (Å²) in [6.45, 7) is 0. The van der Waals surface area contributed by atoms with Gasteiger partial charge in [-0.05, 0) is 29.8 Å². The summed E-state index contributed by atoms with van der Waals surface area (Å²) in [4.78, 5) is 6.94. The number of H-pyrrole nitrogens is 1. The van der Waals surface area contributed by atoms with Crippen molar-refractivity contribution < 1.29 is 13.2 Å². The zero-order chi connectivity index (χ0) is 14.3. The number of hydrogen-bond acceptors (Lipinski definition) is 1. The number of halogens is 4. The lowest BCUT2D eigenvalue weighted by atomic mass is 9.99. The molecule has 0 radical (unpaired) electrons. The highest BCUT2D eigenvalue weighted by molar-refractivity contribution is 6.30. The van der Waals surface area contributed by atoms with Gasteiger partial charge in [0.25, 0.3) is 0 Å². The Labute approximate surface area is 117 Å². The maximum absolute atomic E-state index is 13.1. The molecule has 0 saturated heterocycles. The maximum atomic E-state index is 13.1. The van der Waals surface area contributed by atoms with E-state index in [4.69, 9.17) is 11.6 Å². The molecule has 2 heterocycles. The molecule has 0 aliphatic carbocycles. The quantitative estimate of drug-likeness (QED) is 0.679. The van der Waals surface area contributed by atoms with Crippen LogP contribution in [0.25, 0.3) is 22.2 Å². The van der Waals surface area contributed by atoms with Gasteiger partial charge in [0.1, 0.15) is 5.65 Å². The van der Waals surface area contributed by atoms with Crippen LogP contribution in [0.2, 0.25) is 5.02 Å². The minimum Gasteiger partial charge on any atom is -0.346 e. The Bertz CT molecular complexity index is 777. The number of nitrogens with zero attached hydrogens (tertiary/aromatic N) is 1. The predicted molar refractivity (Wildman–Crippen MR) is 71.5 cm³/mol. The van der Waals surface area contributed by atoms with E-state index < -0.39 is 11.7 Å². The van der Waals surface area contributed by atoms with Crippen LogP contribution in [0.5, 0.6) is 0 Å². The average Bonchev–Trinajstić information content (AvgIpc) is 2.81. The van der Waals surface area contributed by atoms with Crippen LogP contribution < -0.4 is 0 Å². The van der Waals surface area contributed by atoms with Crippen LogP contribution in [0.1, 0.15) is 5.56 Å². The molecule has 0 aliphatic heterocycles. The first-order valence-corrected chi connectivity index (χ1v) is 6.14. The Hall–Kier alpha value is -2.01. The van der Waals surface area contributed by atoms with Crippen LogP contribution in [0.4, 0.5) is 13.2 Å². The Morgan fingerprint density at radius 1 is 1.10 bits per heavy atom. The molecule has 2 aromatic heterocycles. The van der Waals surface area contributed by atoms with Crippen LogP contribution in [0.3, 0.4) is 0 Å². The van der Waals surface area contributed by atoms with Gasteiger partial charge in [0.2, 0.25) is 0 Å². The largest absolute Gasteiger partial charge is 0.417 e. The molecule has 0 aliphatic rings. The van der Waals surface area contributed by atoms with Crippen LogP contribution in [0, 0.1) is 0 Å². The lowest BCUT2D eigenvalue weighted by Gasteiger charge is -2.12. The van der Waals surface area contributed by atoms with Gasteiger partial charge in [-0.3, -0.25) is 0 Å². The first-order valence-electron chi connectivity index (χ1n) is 5.76. The third-order valence-corrected chi connectivity index (χ3v) is 3.26. The SMILES string of the molecule is FC(F)(F)c1cc(Cl)ccc1-c1c[nH]c2ncccc12. The van der Waals surface area contributed by atoms with E-state index in [1.165, 1.54) is 18.3 Å². The van der Waals surface area contributed by atoms with Gasteiger partial charge in [0, 0.05) is 28.4 Å². The third-order valence-electron chi connectivity index (χ3n) is 3.03. The van der Waals surface area contributed by atoms with Gasteiger partial charge < -0.3 is 4.98 Å². The van der Waals surface area contributed by atoms with E-state index in [0.717, 1.165) is 6.07 Å². The van der Waals surface area contributed by atoms with Crippen molar-refractivity contribution in [3.05, 3.63) is 53.3 Å². The lowest BCUT2D eigenvalue weighted by Crippen LogP contribution is -2.07. The second kappa shape index (κ2) is 4.52. The van der Waals surface area contributed by atoms with Gasteiger partial charge in [-0.15, -0.1) is 0 Å². The van der Waals surface area contributed by atoms with E-state index >= 15 is 0 Å². The number of alkyl halides is 3. The summed E-state index contributed by atoms with van der Waals surface area (Å²) in [5.74, 6) is 0.